The normalized spacial score (nSPS) is 10.4. The molecule has 0 aliphatic carbocycles. The molecule has 1 aromatic heterocycles. The topological polar surface area (TPSA) is 28.9 Å². The number of aromatic nitrogens is 1. The number of H-pyrrole nitrogens is 1. The molecule has 0 fully saturated rings. The van der Waals surface area contributed by atoms with Gasteiger partial charge in [0.2, 0.25) is 0 Å². The van der Waals surface area contributed by atoms with Crippen molar-refractivity contribution in [1.82, 2.24) is 5.16 Å². The van der Waals surface area contributed by atoms with Crippen molar-refractivity contribution in [1.29, 1.82) is 0 Å². The molecular formula is C10H8ClNOS. The van der Waals surface area contributed by atoms with Gasteiger partial charge in [-0.15, -0.1) is 0 Å². The van der Waals surface area contributed by atoms with Gasteiger partial charge in [0.05, 0.1) is 0 Å². The third kappa shape index (κ3) is 1.61. The maximum Gasteiger partial charge on any atom is 0.168 e. The lowest BCUT2D eigenvalue weighted by Gasteiger charge is -1.96. The first kappa shape index (κ1) is 9.49. The summed E-state index contributed by atoms with van der Waals surface area (Å²) in [5, 5.41) is 3.37. The summed E-state index contributed by atoms with van der Waals surface area (Å²) in [7, 11) is 0. The van der Waals surface area contributed by atoms with Gasteiger partial charge < -0.3 is 4.52 Å². The lowest BCUT2D eigenvalue weighted by molar-refractivity contribution is 0.429. The molecule has 0 atom stereocenters. The maximum absolute atomic E-state index is 5.79. The van der Waals surface area contributed by atoms with Crippen LogP contribution in [0, 0.1) is 11.6 Å². The molecule has 0 saturated heterocycles. The van der Waals surface area contributed by atoms with Crippen molar-refractivity contribution in [2.45, 2.75) is 6.92 Å². The Morgan fingerprint density at radius 1 is 1.29 bits per heavy atom. The Hall–Kier alpha value is -1.06. The van der Waals surface area contributed by atoms with E-state index in [9.17, 15) is 0 Å². The van der Waals surface area contributed by atoms with E-state index in [1.165, 1.54) is 0 Å². The number of aromatic amines is 1. The highest BCUT2D eigenvalue weighted by Gasteiger charge is 2.07. The van der Waals surface area contributed by atoms with Gasteiger partial charge in [0.25, 0.3) is 0 Å². The highest BCUT2D eigenvalue weighted by molar-refractivity contribution is 7.71. The molecule has 1 heterocycles. The van der Waals surface area contributed by atoms with Crippen molar-refractivity contribution >= 4 is 23.8 Å². The summed E-state index contributed by atoms with van der Waals surface area (Å²) in [5.41, 5.74) is 1.92. The summed E-state index contributed by atoms with van der Waals surface area (Å²) in [6, 6.07) is 7.44. The summed E-state index contributed by atoms with van der Waals surface area (Å²) >= 11 is 10.8. The van der Waals surface area contributed by atoms with Crippen molar-refractivity contribution in [2.24, 2.45) is 0 Å². The number of benzene rings is 1. The third-order valence-corrected chi connectivity index (χ3v) is 2.67. The molecule has 0 spiro atoms. The number of halogens is 1. The van der Waals surface area contributed by atoms with Crippen LogP contribution in [0.1, 0.15) is 5.56 Å². The Bertz CT molecular complexity index is 498. The van der Waals surface area contributed by atoms with Gasteiger partial charge in [-0.1, -0.05) is 23.8 Å². The van der Waals surface area contributed by atoms with Crippen molar-refractivity contribution in [2.75, 3.05) is 0 Å². The van der Waals surface area contributed by atoms with Gasteiger partial charge in [0, 0.05) is 16.1 Å². The smallest absolute Gasteiger partial charge is 0.168 e. The molecule has 2 aromatic rings. The van der Waals surface area contributed by atoms with Crippen LogP contribution in [0.5, 0.6) is 0 Å². The van der Waals surface area contributed by atoms with Crippen molar-refractivity contribution in [3.8, 4) is 11.3 Å². The number of nitrogens with one attached hydrogen (secondary N) is 1. The molecule has 0 aliphatic rings. The zero-order valence-electron chi connectivity index (χ0n) is 7.50. The van der Waals surface area contributed by atoms with Gasteiger partial charge in [-0.2, -0.15) is 0 Å². The van der Waals surface area contributed by atoms with E-state index in [0.717, 1.165) is 16.9 Å². The lowest BCUT2D eigenvalue weighted by atomic mass is 10.1. The maximum atomic E-state index is 5.79. The highest BCUT2D eigenvalue weighted by Crippen LogP contribution is 2.24. The zero-order valence-corrected chi connectivity index (χ0v) is 9.08. The van der Waals surface area contributed by atoms with E-state index in [2.05, 4.69) is 5.16 Å². The van der Waals surface area contributed by atoms with Crippen molar-refractivity contribution < 1.29 is 4.52 Å². The standard InChI is InChI=1S/C10H8ClNOS/c1-6-9(13-12-10(6)14)7-2-4-8(11)5-3-7/h2-5H,1H3,(H,12,14). The van der Waals surface area contributed by atoms with E-state index in [1.807, 2.05) is 31.2 Å². The zero-order chi connectivity index (χ0) is 10.1. The molecule has 0 saturated carbocycles. The summed E-state index contributed by atoms with van der Waals surface area (Å²) < 4.78 is 5.88. The van der Waals surface area contributed by atoms with Crippen LogP contribution < -0.4 is 0 Å². The quantitative estimate of drug-likeness (QED) is 0.745. The van der Waals surface area contributed by atoms with E-state index in [-0.39, 0.29) is 0 Å². The minimum absolute atomic E-state index is 0.634. The Labute approximate surface area is 91.5 Å². The molecule has 0 radical (unpaired) electrons. The Morgan fingerprint density at radius 3 is 2.43 bits per heavy atom. The second-order valence-electron chi connectivity index (χ2n) is 2.99. The monoisotopic (exact) mass is 225 g/mol. The lowest BCUT2D eigenvalue weighted by Crippen LogP contribution is -1.76. The second-order valence-corrected chi connectivity index (χ2v) is 3.84. The largest absolute Gasteiger partial charge is 0.380 e. The van der Waals surface area contributed by atoms with Crippen LogP contribution >= 0.6 is 23.8 Å². The molecule has 0 unspecified atom stereocenters. The van der Waals surface area contributed by atoms with Crippen molar-refractivity contribution in [3.63, 3.8) is 0 Å². The average molecular weight is 226 g/mol. The second kappa shape index (κ2) is 3.59. The molecule has 0 bridgehead atoms. The van der Waals surface area contributed by atoms with E-state index in [0.29, 0.717) is 9.66 Å². The van der Waals surface area contributed by atoms with Gasteiger partial charge in [0.15, 0.2) is 5.76 Å². The Morgan fingerprint density at radius 2 is 1.93 bits per heavy atom. The van der Waals surface area contributed by atoms with E-state index in [4.69, 9.17) is 28.3 Å². The minimum Gasteiger partial charge on any atom is -0.380 e. The number of hydrogen-bond acceptors (Lipinski definition) is 2. The van der Waals surface area contributed by atoms with Crippen LogP contribution in [0.3, 0.4) is 0 Å². The predicted molar refractivity (Wildman–Crippen MR) is 59.1 cm³/mol. The van der Waals surface area contributed by atoms with Crippen LogP contribution in [0.25, 0.3) is 11.3 Å². The van der Waals surface area contributed by atoms with Crippen LogP contribution in [-0.2, 0) is 0 Å². The summed E-state index contributed by atoms with van der Waals surface area (Å²) in [6.07, 6.45) is 0. The minimum atomic E-state index is 0.634. The molecule has 0 aliphatic heterocycles. The third-order valence-electron chi connectivity index (χ3n) is 2.03. The van der Waals surface area contributed by atoms with Gasteiger partial charge in [-0.3, -0.25) is 0 Å². The molecular weight excluding hydrogens is 218 g/mol. The Kier molecular flexibility index (Phi) is 2.44. The van der Waals surface area contributed by atoms with Crippen LogP contribution in [-0.4, -0.2) is 5.16 Å². The van der Waals surface area contributed by atoms with Crippen LogP contribution in [0.4, 0.5) is 0 Å². The van der Waals surface area contributed by atoms with Gasteiger partial charge in [-0.25, -0.2) is 5.16 Å². The first-order chi connectivity index (χ1) is 6.68. The molecule has 2 rings (SSSR count). The molecule has 4 heteroatoms. The van der Waals surface area contributed by atoms with E-state index >= 15 is 0 Å². The summed E-state index contributed by atoms with van der Waals surface area (Å²) in [4.78, 5) is 0. The van der Waals surface area contributed by atoms with E-state index in [1.54, 1.807) is 0 Å². The summed E-state index contributed by atoms with van der Waals surface area (Å²) in [6.45, 7) is 1.92. The van der Waals surface area contributed by atoms with Crippen LogP contribution in [0.15, 0.2) is 28.8 Å². The molecule has 1 N–H and O–H groups in total. The first-order valence-electron chi connectivity index (χ1n) is 4.12. The molecule has 1 aromatic carbocycles. The average Bonchev–Trinajstić information content (AvgIpc) is 2.50. The van der Waals surface area contributed by atoms with Gasteiger partial charge >= 0.3 is 0 Å². The Balaban J connectivity index is 2.55. The van der Waals surface area contributed by atoms with Crippen LogP contribution in [0.2, 0.25) is 5.02 Å². The van der Waals surface area contributed by atoms with E-state index < -0.39 is 0 Å². The number of rotatable bonds is 1. The summed E-state index contributed by atoms with van der Waals surface area (Å²) in [5.74, 6) is 0.770. The fourth-order valence-corrected chi connectivity index (χ4v) is 1.49. The van der Waals surface area contributed by atoms with Gasteiger partial charge in [-0.05, 0) is 31.2 Å². The molecule has 72 valence electrons. The SMILES string of the molecule is Cc1c(-c2ccc(Cl)cc2)o[nH]c1=S. The molecule has 2 nitrogen and oxygen atoms in total. The first-order valence-corrected chi connectivity index (χ1v) is 4.91. The predicted octanol–water partition coefficient (Wildman–Crippen LogP) is 3.97. The fourth-order valence-electron chi connectivity index (χ4n) is 1.23. The van der Waals surface area contributed by atoms with Crippen molar-refractivity contribution in [3.05, 3.63) is 39.5 Å². The van der Waals surface area contributed by atoms with Gasteiger partial charge in [0.1, 0.15) is 4.64 Å². The molecule has 0 amide bonds. The highest BCUT2D eigenvalue weighted by atomic mass is 35.5. The fraction of sp³-hybridized carbons (Fsp3) is 0.100. The number of hydrogen-bond donors (Lipinski definition) is 1. The molecule has 14 heavy (non-hydrogen) atoms.